The number of hydrogen-bond acceptors (Lipinski definition) is 6. The molecule has 22 heavy (non-hydrogen) atoms. The van der Waals surface area contributed by atoms with E-state index < -0.39 is 5.54 Å². The molecule has 2 aromatic rings. The average molecular weight is 300 g/mol. The fourth-order valence-electron chi connectivity index (χ4n) is 3.23. The summed E-state index contributed by atoms with van der Waals surface area (Å²) in [7, 11) is 0. The summed E-state index contributed by atoms with van der Waals surface area (Å²) in [6, 6.07) is 1.95. The molecule has 1 aliphatic rings. The van der Waals surface area contributed by atoms with Crippen LogP contribution in [0.1, 0.15) is 18.9 Å². The summed E-state index contributed by atoms with van der Waals surface area (Å²) in [4.78, 5) is 24.2. The van der Waals surface area contributed by atoms with E-state index >= 15 is 0 Å². The average Bonchev–Trinajstić information content (AvgIpc) is 2.52. The van der Waals surface area contributed by atoms with Gasteiger partial charge in [0, 0.05) is 30.7 Å². The summed E-state index contributed by atoms with van der Waals surface area (Å²) < 4.78 is 0. The number of hydrogen-bond donors (Lipinski definition) is 3. The van der Waals surface area contributed by atoms with Crippen LogP contribution in [0.3, 0.4) is 0 Å². The molecule has 1 amide bonds. The van der Waals surface area contributed by atoms with Crippen molar-refractivity contribution in [1.82, 2.24) is 25.6 Å². The highest BCUT2D eigenvalue weighted by atomic mass is 16.1. The third kappa shape index (κ3) is 2.77. The topological polar surface area (TPSA) is 106 Å². The van der Waals surface area contributed by atoms with Crippen molar-refractivity contribution in [3.05, 3.63) is 30.2 Å². The van der Waals surface area contributed by atoms with Gasteiger partial charge in [0.2, 0.25) is 5.91 Å². The Morgan fingerprint density at radius 3 is 2.95 bits per heavy atom. The monoisotopic (exact) mass is 300 g/mol. The highest BCUT2D eigenvalue weighted by molar-refractivity contribution is 5.77. The Kier molecular flexibility index (Phi) is 4.00. The molecule has 116 valence electrons. The molecule has 3 heterocycles. The summed E-state index contributed by atoms with van der Waals surface area (Å²) in [6.07, 6.45) is 5.92. The summed E-state index contributed by atoms with van der Waals surface area (Å²) in [5, 5.41) is 6.77. The summed E-state index contributed by atoms with van der Waals surface area (Å²) in [5.41, 5.74) is 7.31. The number of carbonyl (C=O) groups excluding carboxylic acids is 1. The number of nitrogens with two attached hydrogens (primary N) is 1. The van der Waals surface area contributed by atoms with Gasteiger partial charge in [-0.3, -0.25) is 15.1 Å². The van der Waals surface area contributed by atoms with E-state index in [0.29, 0.717) is 18.1 Å². The lowest BCUT2D eigenvalue weighted by Gasteiger charge is -2.41. The van der Waals surface area contributed by atoms with Gasteiger partial charge in [-0.15, -0.1) is 0 Å². The maximum absolute atomic E-state index is 11.3. The standard InChI is InChI=1S/C15H20N6O/c1-10-6-15(9-17-7-10,21-8-12(16)22)11-2-3-19-14-13(11)18-4-5-20-14/h2-5,10,17,21H,6-9H2,1H3,(H2,16,22)/t10-,15-/m0/s1. The SMILES string of the molecule is C[C@@H]1CNC[C@](NCC(N)=O)(c2ccnc3nccnc23)C1. The Hall–Kier alpha value is -2.12. The van der Waals surface area contributed by atoms with Gasteiger partial charge in [0.15, 0.2) is 5.65 Å². The minimum Gasteiger partial charge on any atom is -0.369 e. The number of fused-ring (bicyclic) bond motifs is 1. The smallest absolute Gasteiger partial charge is 0.231 e. The number of pyridine rings is 1. The van der Waals surface area contributed by atoms with E-state index in [1.807, 2.05) is 6.07 Å². The first-order chi connectivity index (χ1) is 10.6. The van der Waals surface area contributed by atoms with Gasteiger partial charge in [-0.2, -0.15) is 0 Å². The molecule has 7 heteroatoms. The number of amides is 1. The second kappa shape index (κ2) is 5.94. The Bertz CT molecular complexity index is 685. The van der Waals surface area contributed by atoms with E-state index in [2.05, 4.69) is 32.5 Å². The van der Waals surface area contributed by atoms with Gasteiger partial charge in [0.1, 0.15) is 5.52 Å². The minimum absolute atomic E-state index is 0.123. The zero-order chi connectivity index (χ0) is 15.6. The third-order valence-electron chi connectivity index (χ3n) is 4.11. The molecule has 2 atom stereocenters. The summed E-state index contributed by atoms with van der Waals surface area (Å²) in [5.74, 6) is 0.0936. The van der Waals surface area contributed by atoms with Crippen molar-refractivity contribution in [1.29, 1.82) is 0 Å². The van der Waals surface area contributed by atoms with Crippen molar-refractivity contribution in [3.63, 3.8) is 0 Å². The van der Waals surface area contributed by atoms with Crippen LogP contribution in [-0.2, 0) is 10.3 Å². The van der Waals surface area contributed by atoms with Crippen LogP contribution >= 0.6 is 0 Å². The molecule has 0 unspecified atom stereocenters. The van der Waals surface area contributed by atoms with E-state index in [-0.39, 0.29) is 12.5 Å². The Morgan fingerprint density at radius 2 is 2.18 bits per heavy atom. The lowest BCUT2D eigenvalue weighted by molar-refractivity contribution is -0.117. The highest BCUT2D eigenvalue weighted by Crippen LogP contribution is 2.33. The molecule has 0 radical (unpaired) electrons. The summed E-state index contributed by atoms with van der Waals surface area (Å²) >= 11 is 0. The lowest BCUT2D eigenvalue weighted by Crippen LogP contribution is -2.57. The number of carbonyl (C=O) groups is 1. The lowest BCUT2D eigenvalue weighted by atomic mass is 9.78. The van der Waals surface area contributed by atoms with Crippen molar-refractivity contribution in [2.75, 3.05) is 19.6 Å². The van der Waals surface area contributed by atoms with Gasteiger partial charge >= 0.3 is 0 Å². The molecular weight excluding hydrogens is 280 g/mol. The van der Waals surface area contributed by atoms with E-state index in [1.54, 1.807) is 18.6 Å². The van der Waals surface area contributed by atoms with Crippen LogP contribution in [0.4, 0.5) is 0 Å². The van der Waals surface area contributed by atoms with E-state index in [4.69, 9.17) is 5.73 Å². The highest BCUT2D eigenvalue weighted by Gasteiger charge is 2.38. The quantitative estimate of drug-likeness (QED) is 0.729. The zero-order valence-corrected chi connectivity index (χ0v) is 12.5. The molecule has 0 bridgehead atoms. The van der Waals surface area contributed by atoms with Gasteiger partial charge in [-0.1, -0.05) is 6.92 Å². The van der Waals surface area contributed by atoms with Crippen molar-refractivity contribution in [3.8, 4) is 0 Å². The predicted molar refractivity (Wildman–Crippen MR) is 82.9 cm³/mol. The van der Waals surface area contributed by atoms with Crippen LogP contribution in [0.5, 0.6) is 0 Å². The van der Waals surface area contributed by atoms with Crippen LogP contribution in [0, 0.1) is 5.92 Å². The van der Waals surface area contributed by atoms with Gasteiger partial charge in [0.05, 0.1) is 12.1 Å². The number of primary amides is 1. The molecule has 3 rings (SSSR count). The Morgan fingerprint density at radius 1 is 1.41 bits per heavy atom. The minimum atomic E-state index is -0.399. The number of aromatic nitrogens is 3. The molecule has 1 fully saturated rings. The predicted octanol–water partition coefficient (Wildman–Crippen LogP) is -0.0756. The van der Waals surface area contributed by atoms with Crippen LogP contribution in [0.25, 0.3) is 11.2 Å². The van der Waals surface area contributed by atoms with Crippen LogP contribution in [-0.4, -0.2) is 40.5 Å². The van der Waals surface area contributed by atoms with Crippen LogP contribution in [0.15, 0.2) is 24.7 Å². The third-order valence-corrected chi connectivity index (χ3v) is 4.11. The first kappa shape index (κ1) is 14.8. The first-order valence-corrected chi connectivity index (χ1v) is 7.41. The number of rotatable bonds is 4. The molecular formula is C15H20N6O. The second-order valence-electron chi connectivity index (χ2n) is 5.93. The summed E-state index contributed by atoms with van der Waals surface area (Å²) in [6.45, 7) is 3.97. The van der Waals surface area contributed by atoms with Crippen molar-refractivity contribution in [2.45, 2.75) is 18.9 Å². The van der Waals surface area contributed by atoms with E-state index in [1.165, 1.54) is 0 Å². The van der Waals surface area contributed by atoms with Gasteiger partial charge < -0.3 is 11.1 Å². The van der Waals surface area contributed by atoms with Crippen molar-refractivity contribution in [2.24, 2.45) is 11.7 Å². The normalized spacial score (nSPS) is 25.2. The van der Waals surface area contributed by atoms with Crippen LogP contribution in [0.2, 0.25) is 0 Å². The molecule has 0 saturated carbocycles. The van der Waals surface area contributed by atoms with E-state index in [9.17, 15) is 4.79 Å². The molecule has 7 nitrogen and oxygen atoms in total. The fourth-order valence-corrected chi connectivity index (χ4v) is 3.23. The maximum Gasteiger partial charge on any atom is 0.231 e. The fraction of sp³-hybridized carbons (Fsp3) is 0.467. The largest absolute Gasteiger partial charge is 0.369 e. The number of nitrogens with zero attached hydrogens (tertiary/aromatic N) is 3. The Balaban J connectivity index is 2.09. The van der Waals surface area contributed by atoms with E-state index in [0.717, 1.165) is 24.0 Å². The molecule has 0 aromatic carbocycles. The first-order valence-electron chi connectivity index (χ1n) is 7.41. The molecule has 1 aliphatic heterocycles. The molecule has 0 spiro atoms. The molecule has 0 aliphatic carbocycles. The van der Waals surface area contributed by atoms with Gasteiger partial charge in [-0.05, 0) is 24.9 Å². The number of nitrogens with one attached hydrogen (secondary N) is 2. The van der Waals surface area contributed by atoms with Crippen molar-refractivity contribution < 1.29 is 4.79 Å². The van der Waals surface area contributed by atoms with Gasteiger partial charge in [-0.25, -0.2) is 9.97 Å². The molecule has 1 saturated heterocycles. The van der Waals surface area contributed by atoms with Crippen LogP contribution < -0.4 is 16.4 Å². The zero-order valence-electron chi connectivity index (χ0n) is 12.5. The van der Waals surface area contributed by atoms with Crippen molar-refractivity contribution >= 4 is 17.1 Å². The molecule has 2 aromatic heterocycles. The second-order valence-corrected chi connectivity index (χ2v) is 5.93. The number of piperidine rings is 1. The Labute approximate surface area is 128 Å². The maximum atomic E-state index is 11.3. The van der Waals surface area contributed by atoms with Gasteiger partial charge in [0.25, 0.3) is 0 Å². The molecule has 4 N–H and O–H groups in total.